The number of imidazole rings is 1. The van der Waals surface area contributed by atoms with Crippen molar-refractivity contribution in [1.82, 2.24) is 24.6 Å². The predicted octanol–water partition coefficient (Wildman–Crippen LogP) is 2.18. The molecule has 14 nitrogen and oxygen atoms in total. The number of alkyl halides is 1. The highest BCUT2D eigenvalue weighted by molar-refractivity contribution is 7.52. The fourth-order valence-electron chi connectivity index (χ4n) is 4.07. The number of para-hydroxylation sites is 1. The van der Waals surface area contributed by atoms with E-state index >= 15 is 4.39 Å². The first-order valence-corrected chi connectivity index (χ1v) is 13.7. The zero-order valence-corrected chi connectivity index (χ0v) is 22.7. The maximum absolute atomic E-state index is 15.9. The number of hydrogen-bond donors (Lipinski definition) is 4. The number of esters is 1. The molecule has 39 heavy (non-hydrogen) atoms. The fraction of sp³-hybridized carbons (Fsp3) is 0.478. The maximum atomic E-state index is 15.9. The predicted molar refractivity (Wildman–Crippen MR) is 139 cm³/mol. The number of aromatic nitrogens is 4. The van der Waals surface area contributed by atoms with Crippen molar-refractivity contribution in [2.75, 3.05) is 31.3 Å². The van der Waals surface area contributed by atoms with Crippen LogP contribution in [0.1, 0.15) is 27.0 Å². The van der Waals surface area contributed by atoms with E-state index in [2.05, 4.69) is 25.4 Å². The Morgan fingerprint density at radius 3 is 2.74 bits per heavy atom. The molecule has 1 aliphatic heterocycles. The van der Waals surface area contributed by atoms with Crippen molar-refractivity contribution in [1.29, 1.82) is 0 Å². The highest BCUT2D eigenvalue weighted by atomic mass is 31.2. The summed E-state index contributed by atoms with van der Waals surface area (Å²) in [6, 6.07) is 7.05. The smallest absolute Gasteiger partial charge is 0.459 e. The van der Waals surface area contributed by atoms with Gasteiger partial charge in [0.1, 0.15) is 24.0 Å². The summed E-state index contributed by atoms with van der Waals surface area (Å²) < 4.78 is 52.8. The number of carbonyl (C=O) groups is 1. The van der Waals surface area contributed by atoms with Gasteiger partial charge in [-0.15, -0.1) is 0 Å². The first-order valence-electron chi connectivity index (χ1n) is 12.1. The first kappa shape index (κ1) is 28.6. The number of ether oxygens (including phenoxy) is 2. The minimum Gasteiger partial charge on any atom is -0.465 e. The van der Waals surface area contributed by atoms with Gasteiger partial charge in [0.25, 0.3) is 0 Å². The van der Waals surface area contributed by atoms with Crippen molar-refractivity contribution < 1.29 is 37.4 Å². The molecule has 212 valence electrons. The van der Waals surface area contributed by atoms with E-state index in [1.54, 1.807) is 44.3 Å². The van der Waals surface area contributed by atoms with E-state index in [4.69, 9.17) is 24.3 Å². The largest absolute Gasteiger partial charge is 0.465 e. The molecule has 3 aromatic rings. The molecule has 6 atom stereocenters. The molecule has 1 fully saturated rings. The molecule has 0 spiro atoms. The van der Waals surface area contributed by atoms with Gasteiger partial charge in [0.05, 0.1) is 19.5 Å². The second kappa shape index (κ2) is 11.4. The van der Waals surface area contributed by atoms with Crippen LogP contribution in [-0.4, -0.2) is 74.8 Å². The number of hydrogen-bond acceptors (Lipinski definition) is 12. The van der Waals surface area contributed by atoms with Crippen LogP contribution in [0, 0.1) is 0 Å². The van der Waals surface area contributed by atoms with Gasteiger partial charge in [-0.05, 0) is 32.9 Å². The third-order valence-electron chi connectivity index (χ3n) is 6.01. The number of nitrogens with zero attached hydrogens (tertiary/aromatic N) is 4. The van der Waals surface area contributed by atoms with E-state index in [9.17, 15) is 14.5 Å². The Morgan fingerprint density at radius 1 is 1.36 bits per heavy atom. The second-order valence-corrected chi connectivity index (χ2v) is 10.6. The molecular weight excluding hydrogens is 536 g/mol. The molecule has 1 unspecified atom stereocenters. The van der Waals surface area contributed by atoms with Gasteiger partial charge in [-0.3, -0.25) is 13.9 Å². The molecule has 0 amide bonds. The highest BCUT2D eigenvalue weighted by Gasteiger charge is 2.56. The minimum absolute atomic E-state index is 0.0756. The number of aliphatic hydroxyl groups excluding tert-OH is 1. The average Bonchev–Trinajstić information content (AvgIpc) is 3.40. The summed E-state index contributed by atoms with van der Waals surface area (Å²) >= 11 is 0. The van der Waals surface area contributed by atoms with E-state index in [0.29, 0.717) is 11.3 Å². The molecule has 1 aliphatic rings. The Bertz CT molecular complexity index is 1360. The summed E-state index contributed by atoms with van der Waals surface area (Å²) in [7, 11) is -2.64. The van der Waals surface area contributed by atoms with Gasteiger partial charge in [-0.25, -0.2) is 13.9 Å². The van der Waals surface area contributed by atoms with Gasteiger partial charge in [-0.2, -0.15) is 15.1 Å². The maximum Gasteiger partial charge on any atom is 0.459 e. The number of halogens is 1. The van der Waals surface area contributed by atoms with Gasteiger partial charge in [0, 0.05) is 7.05 Å². The summed E-state index contributed by atoms with van der Waals surface area (Å²) in [5, 5.41) is 16.2. The van der Waals surface area contributed by atoms with Crippen molar-refractivity contribution >= 4 is 36.6 Å². The number of nitrogens with one attached hydrogen (secondary N) is 2. The molecular formula is C23H31FN7O7P. The van der Waals surface area contributed by atoms with Gasteiger partial charge in [-0.1, -0.05) is 18.2 Å². The molecule has 0 saturated carbocycles. The van der Waals surface area contributed by atoms with Gasteiger partial charge in [0.15, 0.2) is 28.9 Å². The number of anilines is 2. The zero-order chi connectivity index (χ0) is 28.4. The normalized spacial score (nSPS) is 25.2. The number of carbonyl (C=O) groups excluding carboxylic acids is 1. The summed E-state index contributed by atoms with van der Waals surface area (Å²) in [6.07, 6.45) is -3.11. The van der Waals surface area contributed by atoms with Crippen molar-refractivity contribution in [3.63, 3.8) is 0 Å². The van der Waals surface area contributed by atoms with Crippen molar-refractivity contribution in [3.8, 4) is 5.75 Å². The molecule has 4 rings (SSSR count). The Morgan fingerprint density at radius 2 is 2.08 bits per heavy atom. The van der Waals surface area contributed by atoms with Gasteiger partial charge >= 0.3 is 13.7 Å². The summed E-state index contributed by atoms with van der Waals surface area (Å²) in [5.74, 6) is -0.238. The molecule has 1 saturated heterocycles. The lowest BCUT2D eigenvalue weighted by Gasteiger charge is -2.25. The fourth-order valence-corrected chi connectivity index (χ4v) is 5.57. The molecule has 3 heterocycles. The Balaban J connectivity index is 1.57. The Labute approximate surface area is 223 Å². The first-order chi connectivity index (χ1) is 18.5. The Kier molecular flexibility index (Phi) is 8.37. The highest BCUT2D eigenvalue weighted by Crippen LogP contribution is 2.48. The monoisotopic (exact) mass is 567 g/mol. The lowest BCUT2D eigenvalue weighted by Crippen LogP contribution is -2.41. The molecule has 2 aromatic heterocycles. The van der Waals surface area contributed by atoms with Crippen LogP contribution in [-0.2, 0) is 23.4 Å². The van der Waals surface area contributed by atoms with Gasteiger partial charge in [0.2, 0.25) is 5.95 Å². The van der Waals surface area contributed by atoms with Crippen LogP contribution in [0.3, 0.4) is 0 Å². The van der Waals surface area contributed by atoms with Crippen molar-refractivity contribution in [2.24, 2.45) is 0 Å². The summed E-state index contributed by atoms with van der Waals surface area (Å²) in [4.78, 5) is 24.6. The number of benzene rings is 1. The number of nitrogens with two attached hydrogens (primary N) is 1. The quantitative estimate of drug-likeness (QED) is 0.195. The molecule has 0 radical (unpaired) electrons. The minimum atomic E-state index is -4.26. The van der Waals surface area contributed by atoms with E-state index < -0.39 is 50.5 Å². The second-order valence-electron chi connectivity index (χ2n) is 8.93. The Hall–Kier alpha value is -3.36. The standard InChI is InChI=1S/C23H31FN7O7P/c1-5-35-20(33)13(2)30-39(34,38-14-9-7-6-8-10-14)36-11-15-17(32)23(3,24)21(37-15)31-12-27-16-18(26-4)28-22(25)29-19(16)31/h6-10,12-13,15,17,21,32H,5,11H2,1-4H3,(H,30,34)(H3,25,26,28,29)/t13-,15+,17+,21+,23+,39?/m0/s1. The molecule has 0 aliphatic carbocycles. The van der Waals surface area contributed by atoms with Crippen molar-refractivity contribution in [3.05, 3.63) is 36.7 Å². The SMILES string of the molecule is CCOC(=O)[C@H](C)NP(=O)(OC[C@H]1O[C@@H](n2cnc3c(NC)nc(N)nc32)[C@](C)(F)[C@@H]1O)Oc1ccccc1. The van der Waals surface area contributed by atoms with Gasteiger partial charge < -0.3 is 30.2 Å². The third-order valence-corrected chi connectivity index (χ3v) is 7.66. The molecule has 16 heteroatoms. The lowest BCUT2D eigenvalue weighted by molar-refractivity contribution is -0.144. The summed E-state index contributed by atoms with van der Waals surface area (Å²) in [5.41, 5.74) is 3.94. The van der Waals surface area contributed by atoms with Crippen LogP contribution in [0.5, 0.6) is 5.75 Å². The zero-order valence-electron chi connectivity index (χ0n) is 21.8. The van der Waals surface area contributed by atoms with Crippen LogP contribution in [0.15, 0.2) is 36.7 Å². The number of nitrogen functional groups attached to an aromatic ring is 1. The molecule has 0 bridgehead atoms. The van der Waals surface area contributed by atoms with Crippen LogP contribution in [0.2, 0.25) is 0 Å². The van der Waals surface area contributed by atoms with Crippen molar-refractivity contribution in [2.45, 2.75) is 50.9 Å². The number of aliphatic hydroxyl groups is 1. The number of rotatable bonds is 11. The summed E-state index contributed by atoms with van der Waals surface area (Å²) in [6.45, 7) is 3.76. The van der Waals surface area contributed by atoms with E-state index in [0.717, 1.165) is 6.92 Å². The van der Waals surface area contributed by atoms with E-state index in [1.807, 2.05) is 0 Å². The van der Waals surface area contributed by atoms with Crippen LogP contribution < -0.4 is 20.7 Å². The third kappa shape index (κ3) is 5.97. The van der Waals surface area contributed by atoms with E-state index in [-0.39, 0.29) is 24.0 Å². The topological polar surface area (TPSA) is 185 Å². The van der Waals surface area contributed by atoms with Crippen LogP contribution >= 0.6 is 7.75 Å². The molecule has 1 aromatic carbocycles. The van der Waals surface area contributed by atoms with Crippen LogP contribution in [0.4, 0.5) is 16.2 Å². The number of fused-ring (bicyclic) bond motifs is 1. The lowest BCUT2D eigenvalue weighted by atomic mass is 9.98. The van der Waals surface area contributed by atoms with Crippen LogP contribution in [0.25, 0.3) is 11.2 Å². The average molecular weight is 568 g/mol. The van der Waals surface area contributed by atoms with E-state index in [1.165, 1.54) is 17.8 Å². The molecule has 5 N–H and O–H groups in total.